The SMILES string of the molecule is CCc1cn[nH]c1C1CCCN(Cc2cc(OC)c(OC)cc2OC)C1. The summed E-state index contributed by atoms with van der Waals surface area (Å²) in [6, 6.07) is 3.93. The molecule has 3 rings (SSSR count). The first kappa shape index (κ1) is 18.6. The summed E-state index contributed by atoms with van der Waals surface area (Å²) in [6.45, 7) is 5.12. The molecule has 1 unspecified atom stereocenters. The molecule has 6 heteroatoms. The van der Waals surface area contributed by atoms with E-state index >= 15 is 0 Å². The zero-order valence-electron chi connectivity index (χ0n) is 16.2. The third-order valence-electron chi connectivity index (χ3n) is 5.23. The van der Waals surface area contributed by atoms with E-state index in [4.69, 9.17) is 14.2 Å². The third-order valence-corrected chi connectivity index (χ3v) is 5.23. The summed E-state index contributed by atoms with van der Waals surface area (Å²) in [4.78, 5) is 2.48. The van der Waals surface area contributed by atoms with Crippen LogP contribution in [-0.2, 0) is 13.0 Å². The van der Waals surface area contributed by atoms with Gasteiger partial charge in [-0.1, -0.05) is 6.92 Å². The molecule has 142 valence electrons. The van der Waals surface area contributed by atoms with Crippen LogP contribution in [0.4, 0.5) is 0 Å². The first-order valence-electron chi connectivity index (χ1n) is 9.23. The number of aromatic amines is 1. The van der Waals surface area contributed by atoms with Crippen LogP contribution in [0.5, 0.6) is 17.2 Å². The second-order valence-electron chi connectivity index (χ2n) is 6.76. The van der Waals surface area contributed by atoms with Gasteiger partial charge in [-0.2, -0.15) is 5.10 Å². The Balaban J connectivity index is 1.78. The first-order valence-corrected chi connectivity index (χ1v) is 9.23. The van der Waals surface area contributed by atoms with Gasteiger partial charge in [0.25, 0.3) is 0 Å². The maximum atomic E-state index is 5.59. The van der Waals surface area contributed by atoms with Gasteiger partial charge in [-0.25, -0.2) is 0 Å². The minimum atomic E-state index is 0.507. The van der Waals surface area contributed by atoms with Gasteiger partial charge in [-0.3, -0.25) is 10.00 Å². The Labute approximate surface area is 155 Å². The van der Waals surface area contributed by atoms with Crippen LogP contribution in [0.2, 0.25) is 0 Å². The van der Waals surface area contributed by atoms with Crippen LogP contribution in [0.25, 0.3) is 0 Å². The average molecular weight is 359 g/mol. The number of aromatic nitrogens is 2. The van der Waals surface area contributed by atoms with E-state index in [2.05, 4.69) is 22.0 Å². The molecule has 0 radical (unpaired) electrons. The lowest BCUT2D eigenvalue weighted by Crippen LogP contribution is -2.34. The normalized spacial score (nSPS) is 17.9. The largest absolute Gasteiger partial charge is 0.496 e. The Bertz CT molecular complexity index is 729. The topological polar surface area (TPSA) is 59.6 Å². The van der Waals surface area contributed by atoms with Crippen molar-refractivity contribution in [2.75, 3.05) is 34.4 Å². The summed E-state index contributed by atoms with van der Waals surface area (Å²) in [6.07, 6.45) is 5.37. The Hall–Kier alpha value is -2.21. The number of piperidine rings is 1. The highest BCUT2D eigenvalue weighted by Gasteiger charge is 2.25. The summed E-state index contributed by atoms with van der Waals surface area (Å²) in [5.41, 5.74) is 3.75. The molecule has 1 aliphatic heterocycles. The van der Waals surface area contributed by atoms with Crippen LogP contribution in [0.1, 0.15) is 42.5 Å². The summed E-state index contributed by atoms with van der Waals surface area (Å²) in [5, 5.41) is 7.48. The van der Waals surface area contributed by atoms with Gasteiger partial charge in [0, 0.05) is 36.3 Å². The minimum absolute atomic E-state index is 0.507. The number of rotatable bonds is 7. The summed E-state index contributed by atoms with van der Waals surface area (Å²) >= 11 is 0. The third kappa shape index (κ3) is 3.80. The fourth-order valence-electron chi connectivity index (χ4n) is 3.85. The summed E-state index contributed by atoms with van der Waals surface area (Å²) < 4.78 is 16.4. The number of ether oxygens (including phenoxy) is 3. The molecule has 0 amide bonds. The van der Waals surface area contributed by atoms with Gasteiger partial charge in [0.05, 0.1) is 27.5 Å². The maximum Gasteiger partial charge on any atom is 0.164 e. The lowest BCUT2D eigenvalue weighted by atomic mass is 9.91. The smallest absolute Gasteiger partial charge is 0.164 e. The maximum absolute atomic E-state index is 5.59. The molecule has 1 saturated heterocycles. The molecule has 0 saturated carbocycles. The number of nitrogens with one attached hydrogen (secondary N) is 1. The van der Waals surface area contributed by atoms with Crippen molar-refractivity contribution in [3.63, 3.8) is 0 Å². The molecule has 1 fully saturated rings. The van der Waals surface area contributed by atoms with Crippen LogP contribution in [0.3, 0.4) is 0 Å². The highest BCUT2D eigenvalue weighted by atomic mass is 16.5. The summed E-state index contributed by atoms with van der Waals surface area (Å²) in [5.74, 6) is 2.77. The molecule has 1 N–H and O–H groups in total. The molecule has 0 spiro atoms. The molecule has 1 aromatic heterocycles. The van der Waals surface area contributed by atoms with Crippen molar-refractivity contribution in [1.29, 1.82) is 0 Å². The van der Waals surface area contributed by atoms with Crippen molar-refractivity contribution < 1.29 is 14.2 Å². The first-order chi connectivity index (χ1) is 12.7. The zero-order chi connectivity index (χ0) is 18.5. The average Bonchev–Trinajstić information content (AvgIpc) is 3.16. The van der Waals surface area contributed by atoms with Gasteiger partial charge in [-0.15, -0.1) is 0 Å². The van der Waals surface area contributed by atoms with Crippen molar-refractivity contribution in [3.8, 4) is 17.2 Å². The van der Waals surface area contributed by atoms with Crippen molar-refractivity contribution >= 4 is 0 Å². The van der Waals surface area contributed by atoms with E-state index in [1.165, 1.54) is 24.1 Å². The second kappa shape index (κ2) is 8.45. The molecular formula is C20H29N3O3. The van der Waals surface area contributed by atoms with Crippen molar-refractivity contribution in [1.82, 2.24) is 15.1 Å². The molecule has 0 aliphatic carbocycles. The number of H-pyrrole nitrogens is 1. The van der Waals surface area contributed by atoms with E-state index < -0.39 is 0 Å². The molecular weight excluding hydrogens is 330 g/mol. The number of hydrogen-bond acceptors (Lipinski definition) is 5. The van der Waals surface area contributed by atoms with Gasteiger partial charge < -0.3 is 14.2 Å². The van der Waals surface area contributed by atoms with E-state index in [0.29, 0.717) is 11.7 Å². The van der Waals surface area contributed by atoms with Crippen LogP contribution in [0.15, 0.2) is 18.3 Å². The van der Waals surface area contributed by atoms with Crippen molar-refractivity contribution in [2.24, 2.45) is 0 Å². The molecule has 1 aromatic carbocycles. The van der Waals surface area contributed by atoms with Gasteiger partial charge in [0.2, 0.25) is 0 Å². The van der Waals surface area contributed by atoms with Gasteiger partial charge in [0.1, 0.15) is 5.75 Å². The van der Waals surface area contributed by atoms with E-state index in [-0.39, 0.29) is 0 Å². The molecule has 1 aliphatic rings. The fraction of sp³-hybridized carbons (Fsp3) is 0.550. The van der Waals surface area contributed by atoms with Crippen molar-refractivity contribution in [3.05, 3.63) is 35.2 Å². The van der Waals surface area contributed by atoms with Crippen molar-refractivity contribution in [2.45, 2.75) is 38.6 Å². The predicted molar refractivity (Wildman–Crippen MR) is 101 cm³/mol. The number of hydrogen-bond donors (Lipinski definition) is 1. The van der Waals surface area contributed by atoms with E-state index in [9.17, 15) is 0 Å². The number of nitrogens with zero attached hydrogens (tertiary/aromatic N) is 2. The lowest BCUT2D eigenvalue weighted by Gasteiger charge is -2.33. The molecule has 2 heterocycles. The fourth-order valence-corrected chi connectivity index (χ4v) is 3.85. The minimum Gasteiger partial charge on any atom is -0.496 e. The van der Waals surface area contributed by atoms with Crippen LogP contribution >= 0.6 is 0 Å². The molecule has 26 heavy (non-hydrogen) atoms. The van der Waals surface area contributed by atoms with Crippen LogP contribution in [-0.4, -0.2) is 49.5 Å². The zero-order valence-corrected chi connectivity index (χ0v) is 16.2. The Morgan fingerprint density at radius 2 is 1.81 bits per heavy atom. The number of benzene rings is 1. The molecule has 6 nitrogen and oxygen atoms in total. The van der Waals surface area contributed by atoms with Crippen LogP contribution in [0, 0.1) is 0 Å². The Kier molecular flexibility index (Phi) is 6.04. The van der Waals surface area contributed by atoms with Gasteiger partial charge >= 0.3 is 0 Å². The quantitative estimate of drug-likeness (QED) is 0.821. The predicted octanol–water partition coefficient (Wildman–Crippen LogP) is 3.38. The summed E-state index contributed by atoms with van der Waals surface area (Å²) in [7, 11) is 5.00. The number of aryl methyl sites for hydroxylation is 1. The van der Waals surface area contributed by atoms with Gasteiger partial charge in [-0.05, 0) is 37.4 Å². The van der Waals surface area contributed by atoms with E-state index in [1.54, 1.807) is 21.3 Å². The Morgan fingerprint density at radius 1 is 1.08 bits per heavy atom. The monoisotopic (exact) mass is 359 g/mol. The van der Waals surface area contributed by atoms with E-state index in [1.807, 2.05) is 18.3 Å². The number of likely N-dealkylation sites (tertiary alicyclic amines) is 1. The highest BCUT2D eigenvalue weighted by Crippen LogP contribution is 2.36. The van der Waals surface area contributed by atoms with E-state index in [0.717, 1.165) is 43.1 Å². The highest BCUT2D eigenvalue weighted by molar-refractivity contribution is 5.50. The van der Waals surface area contributed by atoms with Crippen LogP contribution < -0.4 is 14.2 Å². The molecule has 2 aromatic rings. The molecule has 1 atom stereocenters. The second-order valence-corrected chi connectivity index (χ2v) is 6.76. The lowest BCUT2D eigenvalue weighted by molar-refractivity contribution is 0.195. The van der Waals surface area contributed by atoms with Gasteiger partial charge in [0.15, 0.2) is 11.5 Å². The standard InChI is InChI=1S/C20H29N3O3/c1-5-14-11-21-22-20(14)15-7-6-8-23(12-15)13-16-9-18(25-3)19(26-4)10-17(16)24-2/h9-11,15H,5-8,12-13H2,1-4H3,(H,21,22). The number of methoxy groups -OCH3 is 3. The molecule has 0 bridgehead atoms. The Morgan fingerprint density at radius 3 is 2.50 bits per heavy atom.